The van der Waals surface area contributed by atoms with Gasteiger partial charge in [-0.2, -0.15) is 5.26 Å². The van der Waals surface area contributed by atoms with E-state index < -0.39 is 0 Å². The van der Waals surface area contributed by atoms with Crippen LogP contribution < -0.4 is 10.1 Å². The van der Waals surface area contributed by atoms with Crippen molar-refractivity contribution in [3.8, 4) is 28.9 Å². The summed E-state index contributed by atoms with van der Waals surface area (Å²) in [5.41, 5.74) is 3.58. The number of thioether (sulfide) groups is 1. The van der Waals surface area contributed by atoms with Gasteiger partial charge in [-0.1, -0.05) is 11.8 Å². The van der Waals surface area contributed by atoms with Crippen molar-refractivity contribution in [2.75, 3.05) is 18.2 Å². The van der Waals surface area contributed by atoms with E-state index in [4.69, 9.17) is 4.74 Å². The molecule has 1 N–H and O–H groups in total. The summed E-state index contributed by atoms with van der Waals surface area (Å²) in [6.07, 6.45) is 0. The van der Waals surface area contributed by atoms with Gasteiger partial charge in [0.05, 0.1) is 18.4 Å². The quantitative estimate of drug-likeness (QED) is 0.379. The highest BCUT2D eigenvalue weighted by Crippen LogP contribution is 2.31. The first-order valence-corrected chi connectivity index (χ1v) is 11.7. The molecule has 2 heterocycles. The molecule has 2 aromatic heterocycles. The van der Waals surface area contributed by atoms with Crippen LogP contribution in [0.2, 0.25) is 0 Å². The van der Waals surface area contributed by atoms with Gasteiger partial charge >= 0.3 is 0 Å². The van der Waals surface area contributed by atoms with Crippen molar-refractivity contribution < 1.29 is 13.9 Å². The predicted molar refractivity (Wildman–Crippen MR) is 132 cm³/mol. The highest BCUT2D eigenvalue weighted by Gasteiger charge is 2.21. The van der Waals surface area contributed by atoms with Gasteiger partial charge in [0, 0.05) is 24.0 Å². The summed E-state index contributed by atoms with van der Waals surface area (Å²) in [5, 5.41) is 21.5. The predicted octanol–water partition coefficient (Wildman–Crippen LogP) is 4.64. The van der Waals surface area contributed by atoms with Crippen molar-refractivity contribution in [3.63, 3.8) is 0 Å². The van der Waals surface area contributed by atoms with E-state index in [9.17, 15) is 14.4 Å². The first kappa shape index (κ1) is 24.0. The number of carbonyl (C=O) groups excluding carboxylic acids is 1. The van der Waals surface area contributed by atoms with Crippen LogP contribution in [0.5, 0.6) is 5.75 Å². The molecule has 35 heavy (non-hydrogen) atoms. The van der Waals surface area contributed by atoms with Gasteiger partial charge < -0.3 is 14.6 Å². The van der Waals surface area contributed by atoms with Gasteiger partial charge in [0.15, 0.2) is 11.0 Å². The monoisotopic (exact) mass is 490 g/mol. The summed E-state index contributed by atoms with van der Waals surface area (Å²) < 4.78 is 22.1. The molecule has 0 unspecified atom stereocenters. The molecule has 0 saturated carbocycles. The van der Waals surface area contributed by atoms with Crippen molar-refractivity contribution >= 4 is 23.5 Å². The summed E-state index contributed by atoms with van der Waals surface area (Å²) in [5.74, 6) is 1.14. The van der Waals surface area contributed by atoms with Crippen LogP contribution in [-0.2, 0) is 11.8 Å². The number of hydrogen-bond donors (Lipinski definition) is 1. The Morgan fingerprint density at radius 1 is 1.14 bits per heavy atom. The largest absolute Gasteiger partial charge is 0.497 e. The number of halogens is 1. The molecule has 4 rings (SSSR count). The fraction of sp³-hybridized carbons (Fsp3) is 0.200. The molecule has 0 atom stereocenters. The number of nitriles is 1. The number of carbonyl (C=O) groups is 1. The molecule has 2 aromatic carbocycles. The first-order chi connectivity index (χ1) is 16.8. The van der Waals surface area contributed by atoms with E-state index in [1.165, 1.54) is 23.9 Å². The average Bonchev–Trinajstić information content (AvgIpc) is 3.34. The Kier molecular flexibility index (Phi) is 6.89. The van der Waals surface area contributed by atoms with Crippen LogP contribution in [0.15, 0.2) is 53.7 Å². The van der Waals surface area contributed by atoms with Crippen molar-refractivity contribution in [1.82, 2.24) is 19.3 Å². The van der Waals surface area contributed by atoms with Crippen molar-refractivity contribution in [2.24, 2.45) is 7.05 Å². The second-order valence-electron chi connectivity index (χ2n) is 7.79. The summed E-state index contributed by atoms with van der Waals surface area (Å²) in [7, 11) is 3.38. The molecule has 0 bridgehead atoms. The minimum atomic E-state index is -0.330. The third kappa shape index (κ3) is 4.76. The summed E-state index contributed by atoms with van der Waals surface area (Å²) >= 11 is 1.22. The molecular formula is C25H23FN6O2S. The standard InChI is InChI=1S/C25H23FN6O2S/c1-15-16(2)32(19-9-11-20(34-4)12-10-19)24(21(15)13-27)28-22(33)14-35-25-30-29-23(31(25)3)17-5-7-18(26)8-6-17/h5-12H,14H2,1-4H3,(H,28,33). The van der Waals surface area contributed by atoms with Crippen LogP contribution >= 0.6 is 11.8 Å². The molecule has 4 aromatic rings. The maximum atomic E-state index is 13.2. The molecule has 0 radical (unpaired) electrons. The Bertz CT molecular complexity index is 1420. The Balaban J connectivity index is 1.54. The van der Waals surface area contributed by atoms with Crippen LogP contribution in [0, 0.1) is 31.0 Å². The smallest absolute Gasteiger partial charge is 0.236 e. The summed E-state index contributed by atoms with van der Waals surface area (Å²) in [6.45, 7) is 3.76. The fourth-order valence-electron chi connectivity index (χ4n) is 3.70. The van der Waals surface area contributed by atoms with Crippen molar-refractivity contribution in [2.45, 2.75) is 19.0 Å². The van der Waals surface area contributed by atoms with E-state index in [1.807, 2.05) is 42.7 Å². The molecule has 10 heteroatoms. The minimum absolute atomic E-state index is 0.0617. The van der Waals surface area contributed by atoms with E-state index in [2.05, 4.69) is 21.6 Å². The Morgan fingerprint density at radius 2 is 1.83 bits per heavy atom. The highest BCUT2D eigenvalue weighted by molar-refractivity contribution is 7.99. The molecule has 1 amide bonds. The number of rotatable bonds is 7. The highest BCUT2D eigenvalue weighted by atomic mass is 32.2. The fourth-order valence-corrected chi connectivity index (χ4v) is 4.42. The molecule has 0 saturated heterocycles. The van der Waals surface area contributed by atoms with Gasteiger partial charge in [0.1, 0.15) is 23.5 Å². The lowest BCUT2D eigenvalue weighted by atomic mass is 10.2. The third-order valence-corrected chi connectivity index (χ3v) is 6.70. The van der Waals surface area contributed by atoms with Gasteiger partial charge in [-0.15, -0.1) is 10.2 Å². The number of hydrogen-bond acceptors (Lipinski definition) is 6. The number of anilines is 1. The van der Waals surface area contributed by atoms with Gasteiger partial charge in [0.25, 0.3) is 0 Å². The van der Waals surface area contributed by atoms with Gasteiger partial charge in [0.2, 0.25) is 5.91 Å². The molecule has 178 valence electrons. The van der Waals surface area contributed by atoms with Crippen LogP contribution in [0.4, 0.5) is 10.2 Å². The summed E-state index contributed by atoms with van der Waals surface area (Å²) in [4.78, 5) is 12.9. The lowest BCUT2D eigenvalue weighted by Crippen LogP contribution is -2.18. The Labute approximate surface area is 206 Å². The minimum Gasteiger partial charge on any atom is -0.497 e. The first-order valence-electron chi connectivity index (χ1n) is 10.7. The van der Waals surface area contributed by atoms with Crippen molar-refractivity contribution in [1.29, 1.82) is 5.26 Å². The molecule has 0 spiro atoms. The lowest BCUT2D eigenvalue weighted by molar-refractivity contribution is -0.113. The van der Waals surface area contributed by atoms with Gasteiger partial charge in [-0.05, 0) is 67.9 Å². The van der Waals surface area contributed by atoms with E-state index in [-0.39, 0.29) is 17.5 Å². The van der Waals surface area contributed by atoms with E-state index in [0.717, 1.165) is 22.5 Å². The Hall–Kier alpha value is -4.10. The van der Waals surface area contributed by atoms with E-state index in [0.29, 0.717) is 28.1 Å². The van der Waals surface area contributed by atoms with E-state index >= 15 is 0 Å². The topological polar surface area (TPSA) is 97.8 Å². The van der Waals surface area contributed by atoms with Crippen LogP contribution in [0.3, 0.4) is 0 Å². The molecular weight excluding hydrogens is 467 g/mol. The van der Waals surface area contributed by atoms with Crippen molar-refractivity contribution in [3.05, 3.63) is 71.2 Å². The number of methoxy groups -OCH3 is 1. The number of aromatic nitrogens is 4. The normalized spacial score (nSPS) is 10.7. The molecule has 0 aliphatic carbocycles. The molecule has 0 aliphatic heterocycles. The van der Waals surface area contributed by atoms with Crippen LogP contribution in [0.25, 0.3) is 17.1 Å². The molecule has 0 fully saturated rings. The lowest BCUT2D eigenvalue weighted by Gasteiger charge is -2.13. The number of amides is 1. The number of nitrogens with one attached hydrogen (secondary N) is 1. The Morgan fingerprint density at radius 3 is 2.46 bits per heavy atom. The maximum absolute atomic E-state index is 13.2. The molecule has 0 aliphatic rings. The zero-order valence-corrected chi connectivity index (χ0v) is 20.5. The summed E-state index contributed by atoms with van der Waals surface area (Å²) in [6, 6.07) is 15.6. The van der Waals surface area contributed by atoms with Crippen LogP contribution in [-0.4, -0.2) is 38.1 Å². The maximum Gasteiger partial charge on any atom is 0.236 e. The number of ether oxygens (including phenoxy) is 1. The average molecular weight is 491 g/mol. The number of nitrogens with zero attached hydrogens (tertiary/aromatic N) is 5. The SMILES string of the molecule is COc1ccc(-n2c(C)c(C)c(C#N)c2NC(=O)CSc2nnc(-c3ccc(F)cc3)n2C)cc1. The second-order valence-corrected chi connectivity index (χ2v) is 8.73. The third-order valence-electron chi connectivity index (χ3n) is 5.68. The number of benzene rings is 2. The molecule has 8 nitrogen and oxygen atoms in total. The zero-order chi connectivity index (χ0) is 25.1. The van der Waals surface area contributed by atoms with E-state index in [1.54, 1.807) is 30.9 Å². The zero-order valence-electron chi connectivity index (χ0n) is 19.7. The van der Waals surface area contributed by atoms with Gasteiger partial charge in [-0.3, -0.25) is 9.36 Å². The van der Waals surface area contributed by atoms with Crippen LogP contribution in [0.1, 0.15) is 16.8 Å². The second kappa shape index (κ2) is 10.0. The van der Waals surface area contributed by atoms with Gasteiger partial charge in [-0.25, -0.2) is 4.39 Å².